The number of hydrogen-bond acceptors (Lipinski definition) is 1. The smallest absolute Gasteiger partial charge is 0.137 e. The van der Waals surface area contributed by atoms with Crippen LogP contribution in [0, 0.1) is 5.82 Å². The topological polar surface area (TPSA) is 29.1 Å². The Morgan fingerprint density at radius 3 is 2.47 bits per heavy atom. The minimum atomic E-state index is -1.16. The van der Waals surface area contributed by atoms with Crippen molar-refractivity contribution in [3.05, 3.63) is 34.1 Å². The van der Waals surface area contributed by atoms with Crippen molar-refractivity contribution in [3.8, 4) is 0 Å². The van der Waals surface area contributed by atoms with Crippen LogP contribution >= 0.6 is 15.9 Å². The molecule has 0 aliphatic carbocycles. The van der Waals surface area contributed by atoms with Crippen molar-refractivity contribution in [2.45, 2.75) is 38.5 Å². The first-order valence-electron chi connectivity index (χ1n) is 5.35. The molecule has 0 saturated carbocycles. The van der Waals surface area contributed by atoms with Crippen LogP contribution in [0.3, 0.4) is 0 Å². The van der Waals surface area contributed by atoms with E-state index in [1.54, 1.807) is 6.07 Å². The van der Waals surface area contributed by atoms with Gasteiger partial charge < -0.3 is 0 Å². The van der Waals surface area contributed by atoms with Gasteiger partial charge in [-0.05, 0) is 61.3 Å². The third-order valence-corrected chi connectivity index (χ3v) is 4.61. The van der Waals surface area contributed by atoms with Crippen molar-refractivity contribution in [1.29, 1.82) is 0 Å². The normalized spacial score (nSPS) is 15.6. The van der Waals surface area contributed by atoms with Gasteiger partial charge in [-0.1, -0.05) is 6.07 Å². The average Bonchev–Trinajstić information content (AvgIpc) is 2.20. The van der Waals surface area contributed by atoms with E-state index < -0.39 is 11.0 Å². The van der Waals surface area contributed by atoms with E-state index in [4.69, 9.17) is 0 Å². The van der Waals surface area contributed by atoms with Crippen LogP contribution in [0.15, 0.2) is 22.7 Å². The molecule has 5 heteroatoms. The predicted octanol–water partition coefficient (Wildman–Crippen LogP) is 3.70. The summed E-state index contributed by atoms with van der Waals surface area (Å²) >= 11 is 3.11. The van der Waals surface area contributed by atoms with E-state index in [1.807, 2.05) is 33.8 Å². The molecule has 0 amide bonds. The molecule has 0 heterocycles. The van der Waals surface area contributed by atoms with E-state index in [9.17, 15) is 8.60 Å². The molecule has 0 aliphatic heterocycles. The minimum Gasteiger partial charge on any atom is -0.242 e. The fourth-order valence-corrected chi connectivity index (χ4v) is 2.24. The Kier molecular flexibility index (Phi) is 4.86. The van der Waals surface area contributed by atoms with E-state index in [-0.39, 0.29) is 16.6 Å². The maximum absolute atomic E-state index is 13.4. The van der Waals surface area contributed by atoms with E-state index in [0.717, 1.165) is 5.56 Å². The standard InChI is InChI=1S/C12H17BrFNOS/c1-8(15-17(16)12(2,3)4)9-5-6-10(13)11(14)7-9/h5-8,15H,1-4H3/t8-,17-/m0/s1. The zero-order chi connectivity index (χ0) is 13.2. The van der Waals surface area contributed by atoms with Gasteiger partial charge >= 0.3 is 0 Å². The summed E-state index contributed by atoms with van der Waals surface area (Å²) in [5.41, 5.74) is 0.781. The van der Waals surface area contributed by atoms with Crippen molar-refractivity contribution in [2.75, 3.05) is 0 Å². The molecular weight excluding hydrogens is 305 g/mol. The molecule has 96 valence electrons. The molecule has 2 nitrogen and oxygen atoms in total. The first-order chi connectivity index (χ1) is 7.71. The third kappa shape index (κ3) is 4.16. The van der Waals surface area contributed by atoms with Gasteiger partial charge in [-0.25, -0.2) is 13.3 Å². The highest BCUT2D eigenvalue weighted by Gasteiger charge is 2.21. The molecule has 0 fully saturated rings. The average molecular weight is 322 g/mol. The van der Waals surface area contributed by atoms with Gasteiger partial charge in [0.15, 0.2) is 0 Å². The summed E-state index contributed by atoms with van der Waals surface area (Å²) in [6.45, 7) is 7.55. The van der Waals surface area contributed by atoms with Crippen LogP contribution in [0.5, 0.6) is 0 Å². The van der Waals surface area contributed by atoms with Crippen LogP contribution in [0.1, 0.15) is 39.3 Å². The zero-order valence-corrected chi connectivity index (χ0v) is 12.8. The van der Waals surface area contributed by atoms with E-state index in [2.05, 4.69) is 20.7 Å². The second-order valence-corrected chi connectivity index (χ2v) is 7.75. The summed E-state index contributed by atoms with van der Waals surface area (Å²) in [6, 6.07) is 4.76. The van der Waals surface area contributed by atoms with Gasteiger partial charge in [0.05, 0.1) is 20.2 Å². The van der Waals surface area contributed by atoms with Gasteiger partial charge in [0.2, 0.25) is 0 Å². The molecule has 17 heavy (non-hydrogen) atoms. The highest BCUT2D eigenvalue weighted by Crippen LogP contribution is 2.22. The lowest BCUT2D eigenvalue weighted by Crippen LogP contribution is -2.34. The van der Waals surface area contributed by atoms with Crippen LogP contribution in [0.25, 0.3) is 0 Å². The fourth-order valence-electron chi connectivity index (χ4n) is 1.19. The Labute approximate surface area is 113 Å². The van der Waals surface area contributed by atoms with Crippen LogP contribution in [0.2, 0.25) is 0 Å². The van der Waals surface area contributed by atoms with Crippen molar-refractivity contribution in [1.82, 2.24) is 4.72 Å². The van der Waals surface area contributed by atoms with E-state index in [0.29, 0.717) is 4.47 Å². The summed E-state index contributed by atoms with van der Waals surface area (Å²) in [5, 5.41) is 0. The largest absolute Gasteiger partial charge is 0.242 e. The summed E-state index contributed by atoms with van der Waals surface area (Å²) < 4.78 is 28.3. The Bertz CT molecular complexity index is 431. The van der Waals surface area contributed by atoms with Crippen molar-refractivity contribution in [3.63, 3.8) is 0 Å². The summed E-state index contributed by atoms with van der Waals surface area (Å²) in [7, 11) is -1.16. The summed E-state index contributed by atoms with van der Waals surface area (Å²) in [4.78, 5) is 0. The molecule has 1 aromatic rings. The minimum absolute atomic E-state index is 0.155. The first-order valence-corrected chi connectivity index (χ1v) is 7.29. The highest BCUT2D eigenvalue weighted by molar-refractivity contribution is 9.10. The molecule has 0 aliphatic rings. The van der Waals surface area contributed by atoms with Crippen molar-refractivity contribution < 1.29 is 8.60 Å². The lowest BCUT2D eigenvalue weighted by atomic mass is 10.1. The van der Waals surface area contributed by atoms with Gasteiger partial charge in [0.25, 0.3) is 0 Å². The third-order valence-electron chi connectivity index (χ3n) is 2.28. The van der Waals surface area contributed by atoms with E-state index in [1.165, 1.54) is 6.07 Å². The summed E-state index contributed by atoms with van der Waals surface area (Å²) in [5.74, 6) is -0.308. The quantitative estimate of drug-likeness (QED) is 0.903. The van der Waals surface area contributed by atoms with Gasteiger partial charge in [-0.3, -0.25) is 0 Å². The Balaban J connectivity index is 2.80. The SMILES string of the molecule is C[C@H](N[S@@](=O)C(C)(C)C)c1ccc(Br)c(F)c1. The van der Waals surface area contributed by atoms with Crippen LogP contribution in [-0.4, -0.2) is 8.96 Å². The van der Waals surface area contributed by atoms with Crippen LogP contribution in [-0.2, 0) is 11.0 Å². The molecule has 2 atom stereocenters. The zero-order valence-electron chi connectivity index (χ0n) is 10.4. The molecule has 1 aromatic carbocycles. The number of nitrogens with one attached hydrogen (secondary N) is 1. The first kappa shape index (κ1) is 14.8. The number of benzene rings is 1. The molecule has 0 aromatic heterocycles. The van der Waals surface area contributed by atoms with Gasteiger partial charge in [-0.2, -0.15) is 0 Å². The van der Waals surface area contributed by atoms with Crippen LogP contribution < -0.4 is 4.72 Å². The molecule has 1 N–H and O–H groups in total. The number of hydrogen-bond donors (Lipinski definition) is 1. The molecular formula is C12H17BrFNOS. The van der Waals surface area contributed by atoms with Gasteiger partial charge in [0.1, 0.15) is 5.82 Å². The molecule has 0 bridgehead atoms. The Morgan fingerprint density at radius 1 is 1.41 bits per heavy atom. The predicted molar refractivity (Wildman–Crippen MR) is 73.5 cm³/mol. The maximum atomic E-state index is 13.4. The van der Waals surface area contributed by atoms with Crippen molar-refractivity contribution in [2.24, 2.45) is 0 Å². The highest BCUT2D eigenvalue weighted by atomic mass is 79.9. The lowest BCUT2D eigenvalue weighted by molar-refractivity contribution is 0.602. The van der Waals surface area contributed by atoms with Crippen LogP contribution in [0.4, 0.5) is 4.39 Å². The lowest BCUT2D eigenvalue weighted by Gasteiger charge is -2.22. The summed E-state index contributed by atoms with van der Waals surface area (Å²) in [6.07, 6.45) is 0. The van der Waals surface area contributed by atoms with E-state index >= 15 is 0 Å². The molecule has 1 rings (SSSR count). The van der Waals surface area contributed by atoms with Crippen molar-refractivity contribution >= 4 is 26.9 Å². The maximum Gasteiger partial charge on any atom is 0.137 e. The monoisotopic (exact) mass is 321 g/mol. The second-order valence-electron chi connectivity index (χ2n) is 4.89. The molecule has 0 radical (unpaired) electrons. The fraction of sp³-hybridized carbons (Fsp3) is 0.500. The Morgan fingerprint density at radius 2 is 2.00 bits per heavy atom. The van der Waals surface area contributed by atoms with Gasteiger partial charge in [-0.15, -0.1) is 0 Å². The molecule has 0 unspecified atom stereocenters. The number of rotatable bonds is 3. The second kappa shape index (κ2) is 5.59. The molecule has 0 spiro atoms. The Hall–Kier alpha value is -0.260. The number of halogens is 2. The molecule has 0 saturated heterocycles. The van der Waals surface area contributed by atoms with Gasteiger partial charge in [0, 0.05) is 6.04 Å².